The smallest absolute Gasteiger partial charge is 0.273 e. The van der Waals surface area contributed by atoms with Crippen LogP contribution in [-0.4, -0.2) is 40.0 Å². The van der Waals surface area contributed by atoms with Crippen LogP contribution in [0.25, 0.3) is 0 Å². The number of rotatable bonds is 4. The van der Waals surface area contributed by atoms with Crippen LogP contribution in [0.5, 0.6) is 0 Å². The minimum Gasteiger partial charge on any atom is -0.348 e. The molecule has 2 aromatic rings. The number of nitrogens with one attached hydrogen (secondary N) is 2. The number of carbonyl (C=O) groups is 1. The molecule has 4 rings (SSSR count). The molecule has 126 valence electrons. The van der Waals surface area contributed by atoms with Crippen molar-refractivity contribution in [3.8, 4) is 0 Å². The summed E-state index contributed by atoms with van der Waals surface area (Å²) in [6.07, 6.45) is 5.85. The highest BCUT2D eigenvalue weighted by Gasteiger charge is 2.32. The Bertz CT molecular complexity index is 686. The first kappa shape index (κ1) is 15.3. The van der Waals surface area contributed by atoms with E-state index >= 15 is 0 Å². The normalized spacial score (nSPS) is 24.3. The van der Waals surface area contributed by atoms with Gasteiger partial charge in [0.15, 0.2) is 5.69 Å². The molecule has 0 spiro atoms. The lowest BCUT2D eigenvalue weighted by Crippen LogP contribution is -2.43. The van der Waals surface area contributed by atoms with Gasteiger partial charge in [0.25, 0.3) is 5.91 Å². The standard InChI is InChI=1S/C18H23N5O/c24-18(17-12-23(22-21-17)16-6-8-19-9-7-16)20-15-10-14(11-15)13-4-2-1-3-5-13/h1-5,12,14-16,19H,6-11H2,(H,20,24). The maximum atomic E-state index is 12.3. The van der Waals surface area contributed by atoms with Gasteiger partial charge in [-0.3, -0.25) is 4.79 Å². The second-order valence-electron chi connectivity index (χ2n) is 6.81. The molecule has 1 amide bonds. The van der Waals surface area contributed by atoms with E-state index in [-0.39, 0.29) is 11.9 Å². The summed E-state index contributed by atoms with van der Waals surface area (Å²) in [7, 11) is 0. The average Bonchev–Trinajstić information content (AvgIpc) is 3.09. The van der Waals surface area contributed by atoms with Crippen molar-refractivity contribution in [3.05, 3.63) is 47.8 Å². The van der Waals surface area contributed by atoms with Crippen LogP contribution in [0.15, 0.2) is 36.5 Å². The lowest BCUT2D eigenvalue weighted by atomic mass is 9.76. The summed E-state index contributed by atoms with van der Waals surface area (Å²) in [4.78, 5) is 12.3. The quantitative estimate of drug-likeness (QED) is 0.900. The highest BCUT2D eigenvalue weighted by Crippen LogP contribution is 2.36. The van der Waals surface area contributed by atoms with Gasteiger partial charge in [-0.25, -0.2) is 4.68 Å². The van der Waals surface area contributed by atoms with Gasteiger partial charge in [-0.2, -0.15) is 0 Å². The monoisotopic (exact) mass is 325 g/mol. The van der Waals surface area contributed by atoms with Crippen LogP contribution in [0.2, 0.25) is 0 Å². The third kappa shape index (κ3) is 3.19. The van der Waals surface area contributed by atoms with Crippen LogP contribution in [0, 0.1) is 0 Å². The molecule has 0 atom stereocenters. The Labute approximate surface area is 141 Å². The van der Waals surface area contributed by atoms with Gasteiger partial charge >= 0.3 is 0 Å². The van der Waals surface area contributed by atoms with Gasteiger partial charge in [-0.1, -0.05) is 35.5 Å². The highest BCUT2D eigenvalue weighted by molar-refractivity contribution is 5.92. The number of amides is 1. The van der Waals surface area contributed by atoms with Crippen molar-refractivity contribution in [1.82, 2.24) is 25.6 Å². The van der Waals surface area contributed by atoms with Gasteiger partial charge < -0.3 is 10.6 Å². The number of hydrogen-bond acceptors (Lipinski definition) is 4. The molecule has 6 nitrogen and oxygen atoms in total. The van der Waals surface area contributed by atoms with Crippen LogP contribution in [0.1, 0.15) is 53.7 Å². The Morgan fingerprint density at radius 1 is 1.17 bits per heavy atom. The van der Waals surface area contributed by atoms with Crippen LogP contribution >= 0.6 is 0 Å². The Balaban J connectivity index is 1.30. The van der Waals surface area contributed by atoms with Gasteiger partial charge in [0.2, 0.25) is 0 Å². The van der Waals surface area contributed by atoms with E-state index in [4.69, 9.17) is 0 Å². The van der Waals surface area contributed by atoms with E-state index < -0.39 is 0 Å². The molecule has 2 fully saturated rings. The predicted molar refractivity (Wildman–Crippen MR) is 90.8 cm³/mol. The van der Waals surface area contributed by atoms with Crippen LogP contribution in [0.3, 0.4) is 0 Å². The van der Waals surface area contributed by atoms with Crippen molar-refractivity contribution < 1.29 is 4.79 Å². The van der Waals surface area contributed by atoms with E-state index in [2.05, 4.69) is 45.2 Å². The van der Waals surface area contributed by atoms with E-state index in [1.54, 1.807) is 6.20 Å². The molecule has 0 unspecified atom stereocenters. The second kappa shape index (κ2) is 6.73. The van der Waals surface area contributed by atoms with Crippen molar-refractivity contribution in [2.24, 2.45) is 0 Å². The van der Waals surface area contributed by atoms with Gasteiger partial charge in [0.05, 0.1) is 12.2 Å². The Morgan fingerprint density at radius 3 is 2.67 bits per heavy atom. The number of nitrogens with zero attached hydrogens (tertiary/aromatic N) is 3. The molecule has 1 aliphatic carbocycles. The summed E-state index contributed by atoms with van der Waals surface area (Å²) < 4.78 is 1.85. The van der Waals surface area contributed by atoms with E-state index in [0.717, 1.165) is 38.8 Å². The van der Waals surface area contributed by atoms with Gasteiger partial charge in [-0.15, -0.1) is 5.10 Å². The number of piperidine rings is 1. The Morgan fingerprint density at radius 2 is 1.92 bits per heavy atom. The van der Waals surface area contributed by atoms with Crippen molar-refractivity contribution in [3.63, 3.8) is 0 Å². The molecule has 2 heterocycles. The molecule has 1 saturated heterocycles. The molecule has 2 N–H and O–H groups in total. The van der Waals surface area contributed by atoms with Crippen molar-refractivity contribution in [2.45, 2.75) is 43.7 Å². The molecule has 0 radical (unpaired) electrons. The zero-order valence-corrected chi connectivity index (χ0v) is 13.7. The molecular formula is C18H23N5O. The lowest BCUT2D eigenvalue weighted by molar-refractivity contribution is 0.0903. The number of benzene rings is 1. The third-order valence-corrected chi connectivity index (χ3v) is 5.17. The maximum Gasteiger partial charge on any atom is 0.273 e. The van der Waals surface area contributed by atoms with Crippen LogP contribution < -0.4 is 10.6 Å². The lowest BCUT2D eigenvalue weighted by Gasteiger charge is -2.36. The van der Waals surface area contributed by atoms with E-state index in [1.807, 2.05) is 10.7 Å². The van der Waals surface area contributed by atoms with E-state index in [9.17, 15) is 4.79 Å². The predicted octanol–water partition coefficient (Wildman–Crippen LogP) is 1.88. The molecule has 0 bridgehead atoms. The number of hydrogen-bond donors (Lipinski definition) is 2. The topological polar surface area (TPSA) is 71.8 Å². The van der Waals surface area contributed by atoms with Gasteiger partial charge in [0.1, 0.15) is 0 Å². The molecule has 6 heteroatoms. The summed E-state index contributed by atoms with van der Waals surface area (Å²) in [5, 5.41) is 14.6. The summed E-state index contributed by atoms with van der Waals surface area (Å²) in [6.45, 7) is 1.99. The van der Waals surface area contributed by atoms with Crippen LogP contribution in [0.4, 0.5) is 0 Å². The third-order valence-electron chi connectivity index (χ3n) is 5.17. The second-order valence-corrected chi connectivity index (χ2v) is 6.81. The minimum absolute atomic E-state index is 0.105. The molecule has 1 saturated carbocycles. The maximum absolute atomic E-state index is 12.3. The van der Waals surface area contributed by atoms with Gasteiger partial charge in [0, 0.05) is 6.04 Å². The number of carbonyl (C=O) groups excluding carboxylic acids is 1. The molecule has 1 aromatic heterocycles. The summed E-state index contributed by atoms with van der Waals surface area (Å²) in [5.41, 5.74) is 1.79. The SMILES string of the molecule is O=C(NC1CC(c2ccccc2)C1)c1cn(C2CCNCC2)nn1. The molecule has 24 heavy (non-hydrogen) atoms. The van der Waals surface area contributed by atoms with Crippen molar-refractivity contribution in [2.75, 3.05) is 13.1 Å². The zero-order chi connectivity index (χ0) is 16.4. The van der Waals surface area contributed by atoms with E-state index in [1.165, 1.54) is 5.56 Å². The van der Waals surface area contributed by atoms with Crippen molar-refractivity contribution in [1.29, 1.82) is 0 Å². The molecule has 1 aliphatic heterocycles. The molecular weight excluding hydrogens is 302 g/mol. The van der Waals surface area contributed by atoms with Gasteiger partial charge in [-0.05, 0) is 50.3 Å². The fourth-order valence-electron chi connectivity index (χ4n) is 3.62. The minimum atomic E-state index is -0.105. The van der Waals surface area contributed by atoms with E-state index in [0.29, 0.717) is 17.7 Å². The highest BCUT2D eigenvalue weighted by atomic mass is 16.2. The summed E-state index contributed by atoms with van der Waals surface area (Å²) in [5.74, 6) is 0.452. The first-order chi connectivity index (χ1) is 11.8. The van der Waals surface area contributed by atoms with Crippen LogP contribution in [-0.2, 0) is 0 Å². The number of aromatic nitrogens is 3. The molecule has 1 aromatic carbocycles. The fraction of sp³-hybridized carbons (Fsp3) is 0.500. The Kier molecular flexibility index (Phi) is 4.30. The fourth-order valence-corrected chi connectivity index (χ4v) is 3.62. The zero-order valence-electron chi connectivity index (χ0n) is 13.7. The summed E-state index contributed by atoms with van der Waals surface area (Å²) in [6, 6.07) is 11.1. The molecule has 2 aliphatic rings. The van der Waals surface area contributed by atoms with Crippen molar-refractivity contribution >= 4 is 5.91 Å². The summed E-state index contributed by atoms with van der Waals surface area (Å²) >= 11 is 0. The Hall–Kier alpha value is -2.21. The largest absolute Gasteiger partial charge is 0.348 e. The first-order valence-corrected chi connectivity index (χ1v) is 8.78. The first-order valence-electron chi connectivity index (χ1n) is 8.78. The average molecular weight is 325 g/mol.